The molecular weight excluding hydrogens is 340 g/mol. The zero-order valence-electron chi connectivity index (χ0n) is 18.4. The Morgan fingerprint density at radius 1 is 0.929 bits per heavy atom. The number of fused-ring (bicyclic) bond motifs is 1. The third kappa shape index (κ3) is 6.37. The van der Waals surface area contributed by atoms with E-state index in [1.807, 2.05) is 0 Å². The normalized spacial score (nSPS) is 19.6. The topological polar surface area (TPSA) is 17.0 Å². The summed E-state index contributed by atoms with van der Waals surface area (Å²) in [5.41, 5.74) is 3.20. The second-order valence-electron chi connectivity index (χ2n) is 9.35. The smallest absolute Gasteiger partial charge is 0.0483 e. The number of aryl methyl sites for hydroxylation is 1. The Morgan fingerprint density at radius 3 is 2.32 bits per heavy atom. The monoisotopic (exact) mass is 382 g/mol. The lowest BCUT2D eigenvalue weighted by atomic mass is 9.91. The molecule has 1 aromatic carbocycles. The fraction of sp³-hybridized carbons (Fsp3) is 0.692. The van der Waals surface area contributed by atoms with Crippen LogP contribution in [0.1, 0.15) is 96.5 Å². The van der Waals surface area contributed by atoms with Gasteiger partial charge in [0.25, 0.3) is 0 Å². The van der Waals surface area contributed by atoms with Crippen molar-refractivity contribution in [3.05, 3.63) is 36.0 Å². The first-order valence-corrected chi connectivity index (χ1v) is 12.0. The number of benzene rings is 1. The molecule has 1 saturated heterocycles. The molecule has 0 spiro atoms. The van der Waals surface area contributed by atoms with Crippen LogP contribution in [0.3, 0.4) is 0 Å². The fourth-order valence-electron chi connectivity index (χ4n) is 4.86. The van der Waals surface area contributed by atoms with Gasteiger partial charge in [0.2, 0.25) is 0 Å². The van der Waals surface area contributed by atoms with Crippen LogP contribution >= 0.6 is 0 Å². The van der Waals surface area contributed by atoms with E-state index in [0.717, 1.165) is 6.42 Å². The molecule has 1 aliphatic heterocycles. The van der Waals surface area contributed by atoms with E-state index in [2.05, 4.69) is 54.2 Å². The molecule has 0 radical (unpaired) electrons. The van der Waals surface area contributed by atoms with E-state index in [4.69, 9.17) is 0 Å². The zero-order chi connectivity index (χ0) is 19.7. The van der Waals surface area contributed by atoms with Gasteiger partial charge >= 0.3 is 0 Å². The third-order valence-electron chi connectivity index (χ3n) is 6.64. The highest BCUT2D eigenvalue weighted by Gasteiger charge is 2.28. The highest BCUT2D eigenvalue weighted by atomic mass is 15.0. The van der Waals surface area contributed by atoms with E-state index in [1.54, 1.807) is 0 Å². The van der Waals surface area contributed by atoms with Crippen molar-refractivity contribution in [2.45, 2.75) is 109 Å². The quantitative estimate of drug-likeness (QED) is 0.361. The Morgan fingerprint density at radius 2 is 1.64 bits per heavy atom. The molecule has 1 N–H and O–H groups in total. The third-order valence-corrected chi connectivity index (χ3v) is 6.64. The van der Waals surface area contributed by atoms with E-state index in [-0.39, 0.29) is 0 Å². The predicted octanol–water partition coefficient (Wildman–Crippen LogP) is 7.25. The summed E-state index contributed by atoms with van der Waals surface area (Å²) in [6.07, 6.45) is 20.1. The highest BCUT2D eigenvalue weighted by molar-refractivity contribution is 5.80. The van der Waals surface area contributed by atoms with E-state index >= 15 is 0 Å². The molecule has 2 aromatic rings. The van der Waals surface area contributed by atoms with E-state index in [0.29, 0.717) is 5.54 Å². The lowest BCUT2D eigenvalue weighted by molar-refractivity contribution is 0.413. The summed E-state index contributed by atoms with van der Waals surface area (Å²) in [5, 5.41) is 5.09. The molecule has 0 amide bonds. The molecular formula is C26H42N2. The molecule has 2 heteroatoms. The van der Waals surface area contributed by atoms with Crippen molar-refractivity contribution in [2.75, 3.05) is 6.54 Å². The molecule has 1 fully saturated rings. The molecule has 2 nitrogen and oxygen atoms in total. The van der Waals surface area contributed by atoms with Gasteiger partial charge in [0.15, 0.2) is 0 Å². The number of nitrogens with zero attached hydrogens (tertiary/aromatic N) is 1. The van der Waals surface area contributed by atoms with E-state index < -0.39 is 0 Å². The molecule has 1 aliphatic rings. The summed E-state index contributed by atoms with van der Waals surface area (Å²) in [7, 11) is 0. The standard InChI is InChI=1S/C26H42N2/c1-3-4-5-6-7-8-9-10-11-12-19-28-20-16-24-15-14-23(21-25(24)28)22-26(2)17-13-18-27-26/h14-16,20-21,27H,3-13,17-19,22H2,1-2H3/t26-/m0/s1. The molecule has 0 aliphatic carbocycles. The van der Waals surface area contributed by atoms with Gasteiger partial charge in [-0.25, -0.2) is 0 Å². The van der Waals surface area contributed by atoms with Gasteiger partial charge in [0, 0.05) is 23.8 Å². The minimum atomic E-state index is 0.293. The van der Waals surface area contributed by atoms with Gasteiger partial charge in [0.05, 0.1) is 0 Å². The summed E-state index contributed by atoms with van der Waals surface area (Å²) < 4.78 is 2.48. The Hall–Kier alpha value is -1.28. The van der Waals surface area contributed by atoms with Crippen molar-refractivity contribution in [3.8, 4) is 0 Å². The summed E-state index contributed by atoms with van der Waals surface area (Å²) in [4.78, 5) is 0. The SMILES string of the molecule is CCCCCCCCCCCCn1ccc2ccc(C[C@]3(C)CCCN3)cc21. The van der Waals surface area contributed by atoms with Gasteiger partial charge in [-0.05, 0) is 62.2 Å². The van der Waals surface area contributed by atoms with Gasteiger partial charge < -0.3 is 9.88 Å². The highest BCUT2D eigenvalue weighted by Crippen LogP contribution is 2.26. The molecule has 1 aromatic heterocycles. The average Bonchev–Trinajstić information content (AvgIpc) is 3.29. The van der Waals surface area contributed by atoms with Gasteiger partial charge in [-0.2, -0.15) is 0 Å². The molecule has 1 atom stereocenters. The molecule has 0 saturated carbocycles. The van der Waals surface area contributed by atoms with Crippen LogP contribution in [0.2, 0.25) is 0 Å². The lowest BCUT2D eigenvalue weighted by Gasteiger charge is -2.24. The minimum Gasteiger partial charge on any atom is -0.347 e. The second kappa shape index (κ2) is 11.0. The molecule has 28 heavy (non-hydrogen) atoms. The van der Waals surface area contributed by atoms with Crippen molar-refractivity contribution in [2.24, 2.45) is 0 Å². The van der Waals surface area contributed by atoms with Gasteiger partial charge in [-0.1, -0.05) is 76.8 Å². The largest absolute Gasteiger partial charge is 0.347 e. The van der Waals surface area contributed by atoms with Crippen LogP contribution in [-0.4, -0.2) is 16.7 Å². The number of rotatable bonds is 13. The van der Waals surface area contributed by atoms with Crippen LogP contribution in [0.25, 0.3) is 10.9 Å². The van der Waals surface area contributed by atoms with Gasteiger partial charge in [-0.3, -0.25) is 0 Å². The number of hydrogen-bond acceptors (Lipinski definition) is 1. The maximum atomic E-state index is 3.70. The number of hydrogen-bond donors (Lipinski definition) is 1. The van der Waals surface area contributed by atoms with Gasteiger partial charge in [-0.15, -0.1) is 0 Å². The van der Waals surface area contributed by atoms with Crippen molar-refractivity contribution < 1.29 is 0 Å². The van der Waals surface area contributed by atoms with Crippen LogP contribution in [0.5, 0.6) is 0 Å². The summed E-state index contributed by atoms with van der Waals surface area (Å²) >= 11 is 0. The van der Waals surface area contributed by atoms with Crippen LogP contribution in [0.15, 0.2) is 30.5 Å². The van der Waals surface area contributed by atoms with E-state index in [9.17, 15) is 0 Å². The predicted molar refractivity (Wildman–Crippen MR) is 123 cm³/mol. The van der Waals surface area contributed by atoms with Crippen LogP contribution in [-0.2, 0) is 13.0 Å². The van der Waals surface area contributed by atoms with Gasteiger partial charge in [0.1, 0.15) is 0 Å². The molecule has 2 heterocycles. The number of unbranched alkanes of at least 4 members (excludes halogenated alkanes) is 9. The van der Waals surface area contributed by atoms with Crippen molar-refractivity contribution in [3.63, 3.8) is 0 Å². The number of nitrogens with one attached hydrogen (secondary N) is 1. The Labute approximate surface area is 173 Å². The maximum Gasteiger partial charge on any atom is 0.0483 e. The Balaban J connectivity index is 1.40. The van der Waals surface area contributed by atoms with Crippen molar-refractivity contribution in [1.82, 2.24) is 9.88 Å². The van der Waals surface area contributed by atoms with Crippen LogP contribution in [0.4, 0.5) is 0 Å². The van der Waals surface area contributed by atoms with Crippen LogP contribution in [0, 0.1) is 0 Å². The van der Waals surface area contributed by atoms with Crippen molar-refractivity contribution >= 4 is 10.9 Å². The van der Waals surface area contributed by atoms with Crippen LogP contribution < -0.4 is 5.32 Å². The molecule has 0 unspecified atom stereocenters. The molecule has 156 valence electrons. The average molecular weight is 383 g/mol. The minimum absolute atomic E-state index is 0.293. The maximum absolute atomic E-state index is 3.70. The first kappa shape index (κ1) is 21.4. The lowest BCUT2D eigenvalue weighted by Crippen LogP contribution is -2.38. The second-order valence-corrected chi connectivity index (χ2v) is 9.35. The summed E-state index contributed by atoms with van der Waals surface area (Å²) in [5.74, 6) is 0. The first-order valence-electron chi connectivity index (χ1n) is 12.0. The molecule has 3 rings (SSSR count). The fourth-order valence-corrected chi connectivity index (χ4v) is 4.86. The zero-order valence-corrected chi connectivity index (χ0v) is 18.4. The molecule has 0 bridgehead atoms. The summed E-state index contributed by atoms with van der Waals surface area (Å²) in [6.45, 7) is 7.02. The first-order chi connectivity index (χ1) is 13.7. The summed E-state index contributed by atoms with van der Waals surface area (Å²) in [6, 6.07) is 9.37. The Kier molecular flexibility index (Phi) is 8.45. The Bertz CT molecular complexity index is 694. The van der Waals surface area contributed by atoms with E-state index in [1.165, 1.54) is 107 Å². The number of aromatic nitrogens is 1. The van der Waals surface area contributed by atoms with Crippen molar-refractivity contribution in [1.29, 1.82) is 0 Å².